The molecule has 13 rings (SSSR count). The second-order valence-corrected chi connectivity index (χ2v) is 17.8. The third kappa shape index (κ3) is 5.32. The normalized spacial score (nSPS) is 13.1. The van der Waals surface area contributed by atoms with Crippen LogP contribution >= 0.6 is 11.3 Å². The van der Waals surface area contributed by atoms with Crippen molar-refractivity contribution in [3.8, 4) is 33.4 Å². The molecule has 11 aromatic rings. The van der Waals surface area contributed by atoms with Crippen LogP contribution in [0.3, 0.4) is 0 Å². The van der Waals surface area contributed by atoms with E-state index in [1.165, 1.54) is 92.9 Å². The molecule has 1 aliphatic carbocycles. The van der Waals surface area contributed by atoms with Crippen LogP contribution in [0.25, 0.3) is 53.6 Å². The van der Waals surface area contributed by atoms with Crippen LogP contribution in [0.15, 0.2) is 243 Å². The molecule has 1 aromatic heterocycles. The maximum absolute atomic E-state index is 2.45. The topological polar surface area (TPSA) is 6.48 Å². The summed E-state index contributed by atoms with van der Waals surface area (Å²) in [5.41, 5.74) is 19.2. The molecule has 0 radical (unpaired) electrons. The zero-order valence-electron chi connectivity index (χ0n) is 34.9. The first-order valence-corrected chi connectivity index (χ1v) is 22.8. The fourth-order valence-corrected chi connectivity index (χ4v) is 12.2. The molecule has 300 valence electrons. The second kappa shape index (κ2) is 14.6. The number of hydrogen-bond donors (Lipinski definition) is 0. The van der Waals surface area contributed by atoms with Crippen LogP contribution in [-0.4, -0.2) is 0 Å². The van der Waals surface area contributed by atoms with Gasteiger partial charge in [-0.3, -0.25) is 0 Å². The van der Waals surface area contributed by atoms with Gasteiger partial charge >= 0.3 is 0 Å². The molecule has 64 heavy (non-hydrogen) atoms. The SMILES string of the molecule is c1ccc(-c2ccc(N(c3ccccc3)c3cccc4c3sc3c(-c5cccc6c5-c5ccccc5C65c6ccccc6N(c6ccccc6)c6ccccc65)cccc34)cc2)cc1. The van der Waals surface area contributed by atoms with E-state index >= 15 is 0 Å². The maximum Gasteiger partial charge on any atom is 0.0754 e. The highest BCUT2D eigenvalue weighted by molar-refractivity contribution is 7.27. The van der Waals surface area contributed by atoms with Gasteiger partial charge < -0.3 is 9.80 Å². The standard InChI is InChI=1S/C61H40N2S/c1-4-19-41(20-5-1)42-37-39-45(40-38-42)62(43-21-6-2-7-22-43)57-36-18-29-49-48-28-16-27-47(59(48)64-60(49)57)46-26-17-33-54-58(46)50-25-10-11-30-51(50)61(54)52-31-12-14-34-55(52)63(44-23-8-3-9-24-44)56-35-15-13-32-53(56)61/h1-40H. The summed E-state index contributed by atoms with van der Waals surface area (Å²) in [5.74, 6) is 0. The van der Waals surface area contributed by atoms with Crippen LogP contribution in [0, 0.1) is 0 Å². The zero-order valence-corrected chi connectivity index (χ0v) is 35.7. The van der Waals surface area contributed by atoms with E-state index in [2.05, 4.69) is 252 Å². The Balaban J connectivity index is 1.03. The van der Waals surface area contributed by atoms with E-state index in [0.717, 1.165) is 17.1 Å². The van der Waals surface area contributed by atoms with E-state index < -0.39 is 5.41 Å². The minimum atomic E-state index is -0.520. The number of para-hydroxylation sites is 4. The average Bonchev–Trinajstić information content (AvgIpc) is 3.90. The molecule has 0 saturated carbocycles. The molecule has 0 amide bonds. The van der Waals surface area contributed by atoms with Crippen molar-refractivity contribution in [3.63, 3.8) is 0 Å². The first kappa shape index (κ1) is 36.7. The lowest BCUT2D eigenvalue weighted by Crippen LogP contribution is -2.36. The third-order valence-electron chi connectivity index (χ3n) is 13.5. The van der Waals surface area contributed by atoms with E-state index in [1.807, 2.05) is 11.3 Å². The number of rotatable bonds is 6. The van der Waals surface area contributed by atoms with E-state index in [-0.39, 0.29) is 0 Å². The van der Waals surface area contributed by atoms with E-state index in [1.54, 1.807) is 0 Å². The third-order valence-corrected chi connectivity index (χ3v) is 14.7. The van der Waals surface area contributed by atoms with Gasteiger partial charge in [0.1, 0.15) is 0 Å². The maximum atomic E-state index is 2.45. The molecule has 0 fully saturated rings. The zero-order chi connectivity index (χ0) is 42.2. The Morgan fingerprint density at radius 3 is 1.56 bits per heavy atom. The van der Waals surface area contributed by atoms with Crippen LogP contribution in [0.1, 0.15) is 22.3 Å². The molecule has 2 heterocycles. The van der Waals surface area contributed by atoms with Crippen molar-refractivity contribution in [1.82, 2.24) is 0 Å². The van der Waals surface area contributed by atoms with Crippen LogP contribution in [-0.2, 0) is 5.41 Å². The van der Waals surface area contributed by atoms with Gasteiger partial charge in [-0.15, -0.1) is 11.3 Å². The molecular formula is C61H40N2S. The van der Waals surface area contributed by atoms with Crippen molar-refractivity contribution in [2.45, 2.75) is 5.41 Å². The number of fused-ring (bicyclic) bond motifs is 12. The minimum Gasteiger partial charge on any atom is -0.310 e. The number of hydrogen-bond acceptors (Lipinski definition) is 3. The van der Waals surface area contributed by atoms with Crippen LogP contribution in [0.4, 0.5) is 34.1 Å². The Morgan fingerprint density at radius 1 is 0.344 bits per heavy atom. The molecule has 0 N–H and O–H groups in total. The number of anilines is 6. The average molecular weight is 833 g/mol. The molecule has 0 atom stereocenters. The van der Waals surface area contributed by atoms with Crippen molar-refractivity contribution >= 4 is 65.6 Å². The molecule has 0 bridgehead atoms. The smallest absolute Gasteiger partial charge is 0.0754 e. The lowest BCUT2D eigenvalue weighted by Gasteiger charge is -2.45. The van der Waals surface area contributed by atoms with Gasteiger partial charge in [-0.1, -0.05) is 188 Å². The van der Waals surface area contributed by atoms with Crippen molar-refractivity contribution in [1.29, 1.82) is 0 Å². The van der Waals surface area contributed by atoms with Gasteiger partial charge in [0, 0.05) is 38.1 Å². The molecule has 2 aliphatic rings. The largest absolute Gasteiger partial charge is 0.310 e. The second-order valence-electron chi connectivity index (χ2n) is 16.8. The number of thiophene rings is 1. The summed E-state index contributed by atoms with van der Waals surface area (Å²) in [6, 6.07) is 89.3. The summed E-state index contributed by atoms with van der Waals surface area (Å²) < 4.78 is 2.56. The molecule has 0 saturated heterocycles. The summed E-state index contributed by atoms with van der Waals surface area (Å²) in [6.07, 6.45) is 0. The first-order valence-electron chi connectivity index (χ1n) is 22.0. The fourth-order valence-electron chi connectivity index (χ4n) is 10.9. The Labute approximate surface area is 377 Å². The van der Waals surface area contributed by atoms with E-state index in [9.17, 15) is 0 Å². The molecule has 1 spiro atoms. The summed E-state index contributed by atoms with van der Waals surface area (Å²) in [7, 11) is 0. The van der Waals surface area contributed by atoms with Crippen LogP contribution < -0.4 is 9.80 Å². The Kier molecular flexibility index (Phi) is 8.34. The molecule has 3 heteroatoms. The number of benzene rings is 10. The van der Waals surface area contributed by atoms with Crippen molar-refractivity contribution in [2.75, 3.05) is 9.80 Å². The Bertz CT molecular complexity index is 3510. The van der Waals surface area contributed by atoms with Gasteiger partial charge in [0.05, 0.1) is 27.2 Å². The van der Waals surface area contributed by atoms with Crippen molar-refractivity contribution in [3.05, 3.63) is 265 Å². The van der Waals surface area contributed by atoms with E-state index in [0.29, 0.717) is 0 Å². The molecule has 10 aromatic carbocycles. The van der Waals surface area contributed by atoms with E-state index in [4.69, 9.17) is 0 Å². The van der Waals surface area contributed by atoms with Gasteiger partial charge in [-0.05, 0) is 105 Å². The van der Waals surface area contributed by atoms with Crippen molar-refractivity contribution < 1.29 is 0 Å². The summed E-state index contributed by atoms with van der Waals surface area (Å²) in [6.45, 7) is 0. The fraction of sp³-hybridized carbons (Fsp3) is 0.0164. The quantitative estimate of drug-likeness (QED) is 0.165. The van der Waals surface area contributed by atoms with Gasteiger partial charge in [0.2, 0.25) is 0 Å². The summed E-state index contributed by atoms with van der Waals surface area (Å²) in [4.78, 5) is 4.87. The summed E-state index contributed by atoms with van der Waals surface area (Å²) >= 11 is 1.91. The van der Waals surface area contributed by atoms with Gasteiger partial charge in [-0.25, -0.2) is 0 Å². The van der Waals surface area contributed by atoms with Gasteiger partial charge in [0.25, 0.3) is 0 Å². The van der Waals surface area contributed by atoms with Crippen LogP contribution in [0.5, 0.6) is 0 Å². The minimum absolute atomic E-state index is 0.520. The highest BCUT2D eigenvalue weighted by atomic mass is 32.1. The molecule has 0 unspecified atom stereocenters. The van der Waals surface area contributed by atoms with Gasteiger partial charge in [-0.2, -0.15) is 0 Å². The Morgan fingerprint density at radius 2 is 0.844 bits per heavy atom. The van der Waals surface area contributed by atoms with Gasteiger partial charge in [0.15, 0.2) is 0 Å². The monoisotopic (exact) mass is 832 g/mol. The first-order chi connectivity index (χ1) is 31.8. The van der Waals surface area contributed by atoms with Crippen LogP contribution in [0.2, 0.25) is 0 Å². The molecule has 2 nitrogen and oxygen atoms in total. The highest BCUT2D eigenvalue weighted by Crippen LogP contribution is 2.65. The lowest BCUT2D eigenvalue weighted by atomic mass is 9.64. The number of nitrogens with zero attached hydrogens (tertiary/aromatic N) is 2. The molecular weight excluding hydrogens is 793 g/mol. The summed E-state index contributed by atoms with van der Waals surface area (Å²) in [5, 5.41) is 2.54. The highest BCUT2D eigenvalue weighted by Gasteiger charge is 2.52. The van der Waals surface area contributed by atoms with Crippen molar-refractivity contribution in [2.24, 2.45) is 0 Å². The lowest BCUT2D eigenvalue weighted by molar-refractivity contribution is 0.753. The molecule has 1 aliphatic heterocycles. The predicted octanol–water partition coefficient (Wildman–Crippen LogP) is 17.0. The predicted molar refractivity (Wildman–Crippen MR) is 270 cm³/mol. The Hall–Kier alpha value is -7.98.